The molecule has 0 bridgehead atoms. The maximum atomic E-state index is 8.43. The average molecular weight is 167 g/mol. The van der Waals surface area contributed by atoms with Crippen LogP contribution in [0.15, 0.2) is 0 Å². The van der Waals surface area contributed by atoms with Crippen LogP contribution in [0.5, 0.6) is 0 Å². The van der Waals surface area contributed by atoms with Crippen LogP contribution in [0.4, 0.5) is 0 Å². The molecule has 1 aliphatic carbocycles. The predicted octanol–water partition coefficient (Wildman–Crippen LogP) is 0.889. The number of hydrogen-bond donors (Lipinski definition) is 2. The van der Waals surface area contributed by atoms with Crippen molar-refractivity contribution in [1.82, 2.24) is 0 Å². The second-order valence-electron chi connectivity index (χ2n) is 3.86. The molecule has 0 aromatic carbocycles. The monoisotopic (exact) mass is 167 g/mol. The summed E-state index contributed by atoms with van der Waals surface area (Å²) in [5.74, 6) is 0. The lowest BCUT2D eigenvalue weighted by Gasteiger charge is -2.35. The van der Waals surface area contributed by atoms with Gasteiger partial charge in [0, 0.05) is 18.0 Å². The van der Waals surface area contributed by atoms with E-state index in [0.717, 1.165) is 32.1 Å². The number of nitrogens with zero attached hydrogens (tertiary/aromatic N) is 1. The van der Waals surface area contributed by atoms with Gasteiger partial charge >= 0.3 is 0 Å². The summed E-state index contributed by atoms with van der Waals surface area (Å²) in [5, 5.41) is 8.43. The first-order valence-corrected chi connectivity index (χ1v) is 4.58. The molecule has 0 aliphatic heterocycles. The number of hydrogen-bond acceptors (Lipinski definition) is 3. The summed E-state index contributed by atoms with van der Waals surface area (Å²) in [5.41, 5.74) is 11.8. The van der Waals surface area contributed by atoms with Crippen molar-refractivity contribution in [3.05, 3.63) is 0 Å². The van der Waals surface area contributed by atoms with Crippen molar-refractivity contribution in [2.24, 2.45) is 11.5 Å². The molecular weight excluding hydrogens is 150 g/mol. The van der Waals surface area contributed by atoms with Gasteiger partial charge in [-0.3, -0.25) is 0 Å². The Balaban J connectivity index is 2.35. The number of nitrogens with two attached hydrogens (primary N) is 2. The Morgan fingerprint density at radius 3 is 2.50 bits per heavy atom. The molecule has 3 heteroatoms. The molecule has 0 radical (unpaired) electrons. The van der Waals surface area contributed by atoms with Crippen LogP contribution in [0.3, 0.4) is 0 Å². The topological polar surface area (TPSA) is 75.8 Å². The Morgan fingerprint density at radius 1 is 1.42 bits per heavy atom. The fraction of sp³-hybridized carbons (Fsp3) is 0.889. The van der Waals surface area contributed by atoms with Crippen molar-refractivity contribution in [1.29, 1.82) is 5.26 Å². The highest BCUT2D eigenvalue weighted by Gasteiger charge is 2.29. The van der Waals surface area contributed by atoms with Crippen LogP contribution in [-0.4, -0.2) is 11.6 Å². The van der Waals surface area contributed by atoms with Crippen LogP contribution in [-0.2, 0) is 0 Å². The van der Waals surface area contributed by atoms with Gasteiger partial charge in [0.05, 0.1) is 6.07 Å². The molecule has 0 aromatic heterocycles. The molecule has 0 amide bonds. The third-order valence-electron chi connectivity index (χ3n) is 2.76. The predicted molar refractivity (Wildman–Crippen MR) is 48.2 cm³/mol. The van der Waals surface area contributed by atoms with Gasteiger partial charge in [-0.15, -0.1) is 0 Å². The van der Waals surface area contributed by atoms with E-state index in [1.807, 2.05) is 0 Å². The first kappa shape index (κ1) is 9.50. The molecule has 4 N–H and O–H groups in total. The third-order valence-corrected chi connectivity index (χ3v) is 2.76. The van der Waals surface area contributed by atoms with Gasteiger partial charge in [0.25, 0.3) is 0 Å². The second-order valence-corrected chi connectivity index (χ2v) is 3.86. The zero-order valence-corrected chi connectivity index (χ0v) is 7.42. The van der Waals surface area contributed by atoms with E-state index in [1.54, 1.807) is 0 Å². The minimum atomic E-state index is -0.0917. The molecule has 1 aliphatic rings. The number of rotatable bonds is 2. The summed E-state index contributed by atoms with van der Waals surface area (Å²) in [4.78, 5) is 0. The van der Waals surface area contributed by atoms with Crippen molar-refractivity contribution < 1.29 is 0 Å². The summed E-state index contributed by atoms with van der Waals surface area (Å²) in [7, 11) is 0. The van der Waals surface area contributed by atoms with Crippen LogP contribution >= 0.6 is 0 Å². The fourth-order valence-electron chi connectivity index (χ4n) is 1.77. The highest BCUT2D eigenvalue weighted by Crippen LogP contribution is 2.28. The molecule has 0 aromatic rings. The Hall–Kier alpha value is -0.590. The summed E-state index contributed by atoms with van der Waals surface area (Å²) >= 11 is 0. The van der Waals surface area contributed by atoms with E-state index in [4.69, 9.17) is 16.7 Å². The maximum absolute atomic E-state index is 8.43. The van der Waals surface area contributed by atoms with E-state index < -0.39 is 0 Å². The van der Waals surface area contributed by atoms with E-state index in [2.05, 4.69) is 6.07 Å². The lowest BCUT2D eigenvalue weighted by molar-refractivity contribution is 0.260. The van der Waals surface area contributed by atoms with E-state index in [1.165, 1.54) is 0 Å². The minimum absolute atomic E-state index is 0.0917. The highest BCUT2D eigenvalue weighted by atomic mass is 14.8. The van der Waals surface area contributed by atoms with Crippen LogP contribution in [0.25, 0.3) is 0 Å². The van der Waals surface area contributed by atoms with Gasteiger partial charge in [0.2, 0.25) is 0 Å². The zero-order chi connectivity index (χ0) is 9.03. The van der Waals surface area contributed by atoms with Crippen molar-refractivity contribution in [2.75, 3.05) is 0 Å². The van der Waals surface area contributed by atoms with E-state index in [0.29, 0.717) is 12.5 Å². The van der Waals surface area contributed by atoms with Gasteiger partial charge in [0.1, 0.15) is 0 Å². The largest absolute Gasteiger partial charge is 0.328 e. The van der Waals surface area contributed by atoms with Crippen molar-refractivity contribution >= 4 is 0 Å². The Kier molecular flexibility index (Phi) is 3.07. The van der Waals surface area contributed by atoms with Crippen molar-refractivity contribution in [3.8, 4) is 6.07 Å². The Bertz CT molecular complexity index is 175. The van der Waals surface area contributed by atoms with Gasteiger partial charge in [-0.1, -0.05) is 0 Å². The van der Waals surface area contributed by atoms with Gasteiger partial charge in [0.15, 0.2) is 0 Å². The molecule has 0 atom stereocenters. The Labute approximate surface area is 73.7 Å². The van der Waals surface area contributed by atoms with E-state index >= 15 is 0 Å². The van der Waals surface area contributed by atoms with Crippen LogP contribution < -0.4 is 11.5 Å². The highest BCUT2D eigenvalue weighted by molar-refractivity contribution is 4.92. The third kappa shape index (κ3) is 2.47. The van der Waals surface area contributed by atoms with Crippen molar-refractivity contribution in [2.45, 2.75) is 50.1 Å². The van der Waals surface area contributed by atoms with E-state index in [-0.39, 0.29) is 5.54 Å². The molecule has 0 saturated heterocycles. The molecule has 1 rings (SSSR count). The summed E-state index contributed by atoms with van der Waals surface area (Å²) < 4.78 is 0. The molecule has 0 spiro atoms. The molecule has 1 saturated carbocycles. The quantitative estimate of drug-likeness (QED) is 0.641. The first-order valence-electron chi connectivity index (χ1n) is 4.58. The second kappa shape index (κ2) is 3.88. The summed E-state index contributed by atoms with van der Waals surface area (Å²) in [6, 6.07) is 2.48. The number of nitriles is 1. The normalized spacial score (nSPS) is 35.9. The molecule has 68 valence electrons. The zero-order valence-electron chi connectivity index (χ0n) is 7.42. The molecule has 1 fully saturated rings. The summed E-state index contributed by atoms with van der Waals surface area (Å²) in [6.07, 6.45) is 5.40. The molecule has 0 unspecified atom stereocenters. The van der Waals surface area contributed by atoms with Gasteiger partial charge < -0.3 is 11.5 Å². The van der Waals surface area contributed by atoms with Gasteiger partial charge in [-0.25, -0.2) is 0 Å². The fourth-order valence-corrected chi connectivity index (χ4v) is 1.77. The molecular formula is C9H17N3. The van der Waals surface area contributed by atoms with Crippen molar-refractivity contribution in [3.63, 3.8) is 0 Å². The smallest absolute Gasteiger partial charge is 0.0622 e. The standard InChI is InChI=1S/C9H17N3/c10-7-1-4-9(12)5-2-8(11)3-6-9/h8H,1-6,11-12H2. The van der Waals surface area contributed by atoms with E-state index in [9.17, 15) is 0 Å². The Morgan fingerprint density at radius 2 is 2.00 bits per heavy atom. The van der Waals surface area contributed by atoms with Gasteiger partial charge in [-0.05, 0) is 32.1 Å². The van der Waals surface area contributed by atoms with Crippen LogP contribution in [0.2, 0.25) is 0 Å². The SMILES string of the molecule is N#CCCC1(N)CCC(N)CC1. The summed E-state index contributed by atoms with van der Waals surface area (Å²) in [6.45, 7) is 0. The molecule has 3 nitrogen and oxygen atoms in total. The lowest BCUT2D eigenvalue weighted by Crippen LogP contribution is -2.45. The first-order chi connectivity index (χ1) is 5.66. The maximum Gasteiger partial charge on any atom is 0.0622 e. The molecule has 0 heterocycles. The lowest BCUT2D eigenvalue weighted by atomic mass is 9.78. The van der Waals surface area contributed by atoms with Crippen LogP contribution in [0, 0.1) is 11.3 Å². The minimum Gasteiger partial charge on any atom is -0.328 e. The van der Waals surface area contributed by atoms with Gasteiger partial charge in [-0.2, -0.15) is 5.26 Å². The average Bonchev–Trinajstić information content (AvgIpc) is 2.08. The molecule has 12 heavy (non-hydrogen) atoms. The van der Waals surface area contributed by atoms with Crippen LogP contribution in [0.1, 0.15) is 38.5 Å².